The van der Waals surface area contributed by atoms with E-state index >= 15 is 0 Å². The van der Waals surface area contributed by atoms with Gasteiger partial charge in [0.15, 0.2) is 0 Å². The second-order valence-electron chi connectivity index (χ2n) is 5.61. The number of ether oxygens (including phenoxy) is 2. The van der Waals surface area contributed by atoms with E-state index in [1.54, 1.807) is 7.11 Å². The van der Waals surface area contributed by atoms with Crippen LogP contribution in [0.5, 0.6) is 5.75 Å². The fourth-order valence-corrected chi connectivity index (χ4v) is 1.73. The zero-order valence-electron chi connectivity index (χ0n) is 12.4. The monoisotopic (exact) mass is 265 g/mol. The van der Waals surface area contributed by atoms with Crippen LogP contribution in [0.3, 0.4) is 0 Å². The van der Waals surface area contributed by atoms with E-state index in [1.165, 1.54) is 0 Å². The van der Waals surface area contributed by atoms with Crippen molar-refractivity contribution in [3.05, 3.63) is 29.8 Å². The Balaban J connectivity index is 2.50. The molecule has 0 fully saturated rings. The third-order valence-corrected chi connectivity index (χ3v) is 2.41. The molecule has 0 atom stereocenters. The number of benzene rings is 1. The maximum Gasteiger partial charge on any atom is 0.320 e. The first-order valence-corrected chi connectivity index (χ1v) is 6.33. The quantitative estimate of drug-likeness (QED) is 0.767. The molecule has 0 aliphatic heterocycles. The lowest BCUT2D eigenvalue weighted by molar-refractivity contribution is -0.155. The molecule has 0 saturated carbocycles. The highest BCUT2D eigenvalue weighted by Gasteiger charge is 2.17. The summed E-state index contributed by atoms with van der Waals surface area (Å²) in [6, 6.07) is 7.81. The first kappa shape index (κ1) is 15.5. The molecule has 0 saturated heterocycles. The Morgan fingerprint density at radius 3 is 2.58 bits per heavy atom. The Labute approximate surface area is 115 Å². The number of hydrogen-bond donors (Lipinski definition) is 0. The molecule has 0 spiro atoms. The number of nitrogens with zero attached hydrogens (tertiary/aromatic N) is 1. The van der Waals surface area contributed by atoms with Crippen molar-refractivity contribution in [1.82, 2.24) is 4.90 Å². The highest BCUT2D eigenvalue weighted by molar-refractivity contribution is 5.72. The van der Waals surface area contributed by atoms with Gasteiger partial charge in [-0.1, -0.05) is 12.1 Å². The summed E-state index contributed by atoms with van der Waals surface area (Å²) in [5, 5.41) is 0. The van der Waals surface area contributed by atoms with Gasteiger partial charge in [-0.15, -0.1) is 0 Å². The van der Waals surface area contributed by atoms with Gasteiger partial charge in [0, 0.05) is 6.54 Å². The standard InChI is InChI=1S/C15H23NO3/c1-15(2,3)19-14(17)11-16(4)10-12-7-6-8-13(9-12)18-5/h6-9H,10-11H2,1-5H3. The lowest BCUT2D eigenvalue weighted by atomic mass is 10.2. The maximum absolute atomic E-state index is 11.7. The van der Waals surface area contributed by atoms with Crippen molar-refractivity contribution in [2.75, 3.05) is 20.7 Å². The van der Waals surface area contributed by atoms with Crippen LogP contribution in [0.15, 0.2) is 24.3 Å². The molecular formula is C15H23NO3. The van der Waals surface area contributed by atoms with Crippen molar-refractivity contribution >= 4 is 5.97 Å². The van der Waals surface area contributed by atoms with E-state index in [1.807, 2.05) is 57.0 Å². The summed E-state index contributed by atoms with van der Waals surface area (Å²) < 4.78 is 10.5. The predicted octanol–water partition coefficient (Wildman–Crippen LogP) is 2.47. The molecule has 4 heteroatoms. The summed E-state index contributed by atoms with van der Waals surface area (Å²) in [4.78, 5) is 13.6. The average molecular weight is 265 g/mol. The summed E-state index contributed by atoms with van der Waals surface area (Å²) in [6.07, 6.45) is 0. The van der Waals surface area contributed by atoms with Crippen LogP contribution in [0.1, 0.15) is 26.3 Å². The zero-order chi connectivity index (χ0) is 14.5. The van der Waals surface area contributed by atoms with Gasteiger partial charge in [-0.2, -0.15) is 0 Å². The van der Waals surface area contributed by atoms with Crippen LogP contribution in [0.4, 0.5) is 0 Å². The molecular weight excluding hydrogens is 242 g/mol. The molecule has 0 radical (unpaired) electrons. The Hall–Kier alpha value is -1.55. The van der Waals surface area contributed by atoms with Gasteiger partial charge in [-0.25, -0.2) is 0 Å². The predicted molar refractivity (Wildman–Crippen MR) is 75.2 cm³/mol. The highest BCUT2D eigenvalue weighted by atomic mass is 16.6. The van der Waals surface area contributed by atoms with E-state index in [9.17, 15) is 4.79 Å². The summed E-state index contributed by atoms with van der Waals surface area (Å²) in [6.45, 7) is 6.55. The molecule has 0 aliphatic carbocycles. The highest BCUT2D eigenvalue weighted by Crippen LogP contribution is 2.14. The minimum atomic E-state index is -0.437. The van der Waals surface area contributed by atoms with Crippen molar-refractivity contribution in [3.63, 3.8) is 0 Å². The average Bonchev–Trinajstić information content (AvgIpc) is 2.26. The Morgan fingerprint density at radius 2 is 2.00 bits per heavy atom. The lowest BCUT2D eigenvalue weighted by Gasteiger charge is -2.22. The first-order valence-electron chi connectivity index (χ1n) is 6.33. The van der Waals surface area contributed by atoms with Gasteiger partial charge >= 0.3 is 5.97 Å². The van der Waals surface area contributed by atoms with Gasteiger partial charge in [-0.05, 0) is 45.5 Å². The molecule has 1 rings (SSSR count). The third kappa shape index (κ3) is 6.25. The zero-order valence-corrected chi connectivity index (χ0v) is 12.4. The fourth-order valence-electron chi connectivity index (χ4n) is 1.73. The van der Waals surface area contributed by atoms with E-state index in [4.69, 9.17) is 9.47 Å². The normalized spacial score (nSPS) is 11.5. The summed E-state index contributed by atoms with van der Waals surface area (Å²) in [5.41, 5.74) is 0.666. The number of hydrogen-bond acceptors (Lipinski definition) is 4. The third-order valence-electron chi connectivity index (χ3n) is 2.41. The van der Waals surface area contributed by atoms with Gasteiger partial charge in [0.2, 0.25) is 0 Å². The maximum atomic E-state index is 11.7. The van der Waals surface area contributed by atoms with Crippen molar-refractivity contribution in [2.45, 2.75) is 32.9 Å². The Kier molecular flexibility index (Phi) is 5.36. The van der Waals surface area contributed by atoms with E-state index in [2.05, 4.69) is 0 Å². The summed E-state index contributed by atoms with van der Waals surface area (Å²) >= 11 is 0. The SMILES string of the molecule is COc1cccc(CN(C)CC(=O)OC(C)(C)C)c1. The molecule has 0 N–H and O–H groups in total. The molecule has 106 valence electrons. The molecule has 19 heavy (non-hydrogen) atoms. The minimum Gasteiger partial charge on any atom is -0.497 e. The van der Waals surface area contributed by atoms with Gasteiger partial charge in [0.1, 0.15) is 11.4 Å². The fraction of sp³-hybridized carbons (Fsp3) is 0.533. The topological polar surface area (TPSA) is 38.8 Å². The molecule has 1 aromatic carbocycles. The van der Waals surface area contributed by atoms with Gasteiger partial charge in [0.05, 0.1) is 13.7 Å². The van der Waals surface area contributed by atoms with Crippen molar-refractivity contribution in [3.8, 4) is 5.75 Å². The minimum absolute atomic E-state index is 0.210. The van der Waals surface area contributed by atoms with Crippen molar-refractivity contribution < 1.29 is 14.3 Å². The number of carbonyl (C=O) groups is 1. The molecule has 4 nitrogen and oxygen atoms in total. The lowest BCUT2D eigenvalue weighted by Crippen LogP contribution is -2.32. The molecule has 0 amide bonds. The van der Waals surface area contributed by atoms with Crippen molar-refractivity contribution in [1.29, 1.82) is 0 Å². The van der Waals surface area contributed by atoms with Crippen LogP contribution >= 0.6 is 0 Å². The van der Waals surface area contributed by atoms with Crippen LogP contribution in [-0.2, 0) is 16.1 Å². The van der Waals surface area contributed by atoms with E-state index in [-0.39, 0.29) is 12.5 Å². The number of rotatable bonds is 5. The molecule has 0 aromatic heterocycles. The summed E-state index contributed by atoms with van der Waals surface area (Å²) in [5.74, 6) is 0.612. The summed E-state index contributed by atoms with van der Waals surface area (Å²) in [7, 11) is 3.53. The van der Waals surface area contributed by atoms with Crippen LogP contribution < -0.4 is 4.74 Å². The largest absolute Gasteiger partial charge is 0.497 e. The number of esters is 1. The first-order chi connectivity index (χ1) is 8.80. The molecule has 0 unspecified atom stereocenters. The molecule has 0 bridgehead atoms. The molecule has 0 heterocycles. The van der Waals surface area contributed by atoms with Crippen LogP contribution in [0.25, 0.3) is 0 Å². The Bertz CT molecular complexity index is 424. The van der Waals surface area contributed by atoms with E-state index < -0.39 is 5.60 Å². The molecule has 0 aliphatic rings. The van der Waals surface area contributed by atoms with Gasteiger partial charge in [-0.3, -0.25) is 9.69 Å². The van der Waals surface area contributed by atoms with Gasteiger partial charge < -0.3 is 9.47 Å². The number of likely N-dealkylation sites (N-methyl/N-ethyl adjacent to an activating group) is 1. The number of carbonyl (C=O) groups excluding carboxylic acids is 1. The van der Waals surface area contributed by atoms with Crippen LogP contribution in [0.2, 0.25) is 0 Å². The Morgan fingerprint density at radius 1 is 1.32 bits per heavy atom. The second kappa shape index (κ2) is 6.57. The second-order valence-corrected chi connectivity index (χ2v) is 5.61. The van der Waals surface area contributed by atoms with E-state index in [0.29, 0.717) is 6.54 Å². The smallest absolute Gasteiger partial charge is 0.320 e. The van der Waals surface area contributed by atoms with E-state index in [0.717, 1.165) is 11.3 Å². The van der Waals surface area contributed by atoms with Gasteiger partial charge in [0.25, 0.3) is 0 Å². The van der Waals surface area contributed by atoms with Crippen molar-refractivity contribution in [2.24, 2.45) is 0 Å². The number of methoxy groups -OCH3 is 1. The molecule has 1 aromatic rings. The van der Waals surface area contributed by atoms with Crippen LogP contribution in [0, 0.1) is 0 Å². The van der Waals surface area contributed by atoms with Crippen LogP contribution in [-0.4, -0.2) is 37.2 Å².